The quantitative estimate of drug-likeness (QED) is 0.617. The van der Waals surface area contributed by atoms with E-state index < -0.39 is 0 Å². The minimum absolute atomic E-state index is 0.0720. The number of allylic oxidation sites excluding steroid dienone is 3. The van der Waals surface area contributed by atoms with Crippen molar-refractivity contribution >= 4 is 28.5 Å². The van der Waals surface area contributed by atoms with Crippen LogP contribution in [0.4, 0.5) is 11.5 Å². The average molecular weight is 379 g/mol. The van der Waals surface area contributed by atoms with Gasteiger partial charge in [-0.1, -0.05) is 6.07 Å². The van der Waals surface area contributed by atoms with Gasteiger partial charge < -0.3 is 15.5 Å². The molecule has 1 aliphatic heterocycles. The molecule has 7 heteroatoms. The van der Waals surface area contributed by atoms with Crippen LogP contribution in [-0.4, -0.2) is 58.8 Å². The minimum atomic E-state index is -0.0720. The highest BCUT2D eigenvalue weighted by Crippen LogP contribution is 2.31. The van der Waals surface area contributed by atoms with Crippen molar-refractivity contribution in [3.05, 3.63) is 47.8 Å². The number of aromatic nitrogens is 2. The first kappa shape index (κ1) is 18.4. The molecule has 3 heterocycles. The third kappa shape index (κ3) is 3.57. The molecule has 2 aliphatic rings. The van der Waals surface area contributed by atoms with Gasteiger partial charge in [0.25, 0.3) is 0 Å². The van der Waals surface area contributed by atoms with E-state index in [2.05, 4.69) is 17.5 Å². The summed E-state index contributed by atoms with van der Waals surface area (Å²) in [5.41, 5.74) is 9.31. The number of nitrogens with zero attached hydrogens (tertiary/aromatic N) is 4. The molecular formula is C21H27N6O+. The lowest BCUT2D eigenvalue weighted by atomic mass is 10.0. The zero-order chi connectivity index (χ0) is 19.7. The van der Waals surface area contributed by atoms with Crippen molar-refractivity contribution in [3.63, 3.8) is 0 Å². The van der Waals surface area contributed by atoms with E-state index in [9.17, 15) is 4.79 Å². The van der Waals surface area contributed by atoms with E-state index in [4.69, 9.17) is 10.7 Å². The Bertz CT molecular complexity index is 1010. The lowest BCUT2D eigenvalue weighted by Gasteiger charge is -2.29. The molecule has 0 unspecified atom stereocenters. The maximum Gasteiger partial charge on any atom is 0.183 e. The molecule has 2 aromatic heterocycles. The molecule has 0 saturated carbocycles. The van der Waals surface area contributed by atoms with Crippen LogP contribution in [-0.2, 0) is 4.79 Å². The SMILES string of the molecule is CC1=CC(=Nc2c(NCC[N+]3(C)CCCC3)nn3ccccc23)C(N)=CC1=O. The van der Waals surface area contributed by atoms with Crippen molar-refractivity contribution in [3.8, 4) is 0 Å². The monoisotopic (exact) mass is 379 g/mol. The third-order valence-electron chi connectivity index (χ3n) is 5.66. The van der Waals surface area contributed by atoms with Gasteiger partial charge >= 0.3 is 0 Å². The number of nitrogens with two attached hydrogens (primary N) is 1. The van der Waals surface area contributed by atoms with Gasteiger partial charge in [-0.3, -0.25) is 4.79 Å². The van der Waals surface area contributed by atoms with E-state index in [1.807, 2.05) is 28.9 Å². The van der Waals surface area contributed by atoms with Gasteiger partial charge in [-0.25, -0.2) is 9.51 Å². The molecule has 1 aliphatic carbocycles. The summed E-state index contributed by atoms with van der Waals surface area (Å²) in [5.74, 6) is 0.664. The molecule has 0 radical (unpaired) electrons. The summed E-state index contributed by atoms with van der Waals surface area (Å²) in [6, 6.07) is 5.89. The fourth-order valence-electron chi connectivity index (χ4n) is 3.89. The Morgan fingerprint density at radius 2 is 2.07 bits per heavy atom. The predicted molar refractivity (Wildman–Crippen MR) is 112 cm³/mol. The largest absolute Gasteiger partial charge is 0.397 e. The van der Waals surface area contributed by atoms with Crippen molar-refractivity contribution in [2.24, 2.45) is 10.7 Å². The first-order valence-corrected chi connectivity index (χ1v) is 9.79. The Balaban J connectivity index is 1.65. The topological polar surface area (TPSA) is 84.8 Å². The molecule has 2 aromatic rings. The molecule has 3 N–H and O–H groups in total. The first-order chi connectivity index (χ1) is 13.5. The minimum Gasteiger partial charge on any atom is -0.397 e. The van der Waals surface area contributed by atoms with Crippen molar-refractivity contribution in [1.82, 2.24) is 9.61 Å². The standard InChI is InChI=1S/C21H26N6O/c1-15-13-17(16(22)14-19(15)28)24-20-18-7-3-4-9-26(18)25-21(20)23-8-12-27(2)10-5-6-11-27/h3-4,7,9,13-14H,5-6,8,10-12H2,1-2H3,(H2-,22,23,25,28)/p+1. The molecule has 146 valence electrons. The number of pyridine rings is 1. The number of nitrogens with one attached hydrogen (secondary N) is 1. The van der Waals surface area contributed by atoms with E-state index >= 15 is 0 Å². The fourth-order valence-corrected chi connectivity index (χ4v) is 3.89. The Morgan fingerprint density at radius 3 is 2.86 bits per heavy atom. The van der Waals surface area contributed by atoms with Crippen LogP contribution in [0.3, 0.4) is 0 Å². The van der Waals surface area contributed by atoms with Crippen LogP contribution < -0.4 is 11.1 Å². The Labute approximate surface area is 164 Å². The van der Waals surface area contributed by atoms with E-state index in [-0.39, 0.29) is 5.78 Å². The molecule has 0 atom stereocenters. The summed E-state index contributed by atoms with van der Waals surface area (Å²) in [7, 11) is 2.32. The Hall–Kier alpha value is -2.93. The molecule has 0 amide bonds. The van der Waals surface area contributed by atoms with Crippen LogP contribution in [0.2, 0.25) is 0 Å². The molecule has 28 heavy (non-hydrogen) atoms. The van der Waals surface area contributed by atoms with E-state index in [1.54, 1.807) is 13.0 Å². The van der Waals surface area contributed by atoms with Crippen molar-refractivity contribution in [2.45, 2.75) is 19.8 Å². The lowest BCUT2D eigenvalue weighted by Crippen LogP contribution is -2.44. The summed E-state index contributed by atoms with van der Waals surface area (Å²) in [4.78, 5) is 16.6. The van der Waals surface area contributed by atoms with Gasteiger partial charge in [0.15, 0.2) is 11.6 Å². The van der Waals surface area contributed by atoms with Gasteiger partial charge in [-0.15, -0.1) is 5.10 Å². The molecule has 0 aromatic carbocycles. The normalized spacial score (nSPS) is 20.5. The fraction of sp³-hybridized carbons (Fsp3) is 0.381. The highest BCUT2D eigenvalue weighted by atomic mass is 16.1. The molecule has 0 bridgehead atoms. The summed E-state index contributed by atoms with van der Waals surface area (Å²) < 4.78 is 2.92. The third-order valence-corrected chi connectivity index (χ3v) is 5.66. The lowest BCUT2D eigenvalue weighted by molar-refractivity contribution is -0.895. The second-order valence-electron chi connectivity index (χ2n) is 7.94. The second kappa shape index (κ2) is 7.24. The van der Waals surface area contributed by atoms with Gasteiger partial charge in [0.05, 0.1) is 50.2 Å². The van der Waals surface area contributed by atoms with Crippen LogP contribution in [0, 0.1) is 0 Å². The summed E-state index contributed by atoms with van der Waals surface area (Å²) >= 11 is 0. The number of likely N-dealkylation sites (N-methyl/N-ethyl adjacent to an activating group) is 1. The van der Waals surface area contributed by atoms with E-state index in [1.165, 1.54) is 32.0 Å². The number of aliphatic imine (C=N–C) groups is 1. The van der Waals surface area contributed by atoms with Crippen LogP contribution in [0.5, 0.6) is 0 Å². The number of hydrogen-bond acceptors (Lipinski definition) is 5. The summed E-state index contributed by atoms with van der Waals surface area (Å²) in [5, 5.41) is 8.14. The van der Waals surface area contributed by atoms with E-state index in [0.717, 1.165) is 34.6 Å². The molecule has 7 nitrogen and oxygen atoms in total. The molecule has 1 saturated heterocycles. The number of anilines is 1. The maximum absolute atomic E-state index is 11.8. The Morgan fingerprint density at radius 1 is 1.29 bits per heavy atom. The van der Waals surface area contributed by atoms with Crippen LogP contribution in [0.15, 0.2) is 52.8 Å². The zero-order valence-corrected chi connectivity index (χ0v) is 16.5. The second-order valence-corrected chi connectivity index (χ2v) is 7.94. The number of carbonyl (C=O) groups is 1. The number of rotatable bonds is 5. The number of quaternary nitrogens is 1. The van der Waals surface area contributed by atoms with Gasteiger partial charge in [0, 0.05) is 25.1 Å². The number of fused-ring (bicyclic) bond motifs is 1. The summed E-state index contributed by atoms with van der Waals surface area (Å²) in [6.07, 6.45) is 7.69. The number of hydrogen-bond donors (Lipinski definition) is 2. The van der Waals surface area contributed by atoms with Crippen molar-refractivity contribution in [2.75, 3.05) is 38.5 Å². The van der Waals surface area contributed by atoms with Crippen molar-refractivity contribution < 1.29 is 9.28 Å². The zero-order valence-electron chi connectivity index (χ0n) is 16.5. The van der Waals surface area contributed by atoms with Crippen molar-refractivity contribution in [1.29, 1.82) is 0 Å². The first-order valence-electron chi connectivity index (χ1n) is 9.79. The highest BCUT2D eigenvalue weighted by Gasteiger charge is 2.26. The number of likely N-dealkylation sites (tertiary alicyclic amines) is 1. The highest BCUT2D eigenvalue weighted by molar-refractivity contribution is 6.22. The van der Waals surface area contributed by atoms with Gasteiger partial charge in [0.1, 0.15) is 5.69 Å². The van der Waals surface area contributed by atoms with Gasteiger partial charge in [-0.2, -0.15) is 0 Å². The van der Waals surface area contributed by atoms with Gasteiger partial charge in [-0.05, 0) is 30.7 Å². The molecule has 4 rings (SSSR count). The average Bonchev–Trinajstić information content (AvgIpc) is 3.24. The maximum atomic E-state index is 11.8. The van der Waals surface area contributed by atoms with E-state index in [0.29, 0.717) is 17.0 Å². The van der Waals surface area contributed by atoms with Crippen LogP contribution >= 0.6 is 0 Å². The van der Waals surface area contributed by atoms with Crippen LogP contribution in [0.25, 0.3) is 5.52 Å². The summed E-state index contributed by atoms with van der Waals surface area (Å²) in [6.45, 7) is 6.13. The Kier molecular flexibility index (Phi) is 4.77. The van der Waals surface area contributed by atoms with Gasteiger partial charge in [0.2, 0.25) is 0 Å². The molecular weight excluding hydrogens is 352 g/mol. The van der Waals surface area contributed by atoms with Crippen LogP contribution in [0.1, 0.15) is 19.8 Å². The molecule has 1 fully saturated rings. The predicted octanol–water partition coefficient (Wildman–Crippen LogP) is 2.43. The number of carbonyl (C=O) groups excluding carboxylic acids is 1. The smallest absolute Gasteiger partial charge is 0.183 e. The molecule has 0 spiro atoms. The number of ketones is 1.